The van der Waals surface area contributed by atoms with E-state index in [0.29, 0.717) is 6.42 Å². The maximum Gasteiger partial charge on any atom is 0.408 e. The van der Waals surface area contributed by atoms with Crippen LogP contribution >= 0.6 is 0 Å². The third-order valence-corrected chi connectivity index (χ3v) is 1.81. The maximum absolute atomic E-state index is 12.0. The molecule has 0 aromatic rings. The fourth-order valence-electron chi connectivity index (χ4n) is 1.27. The molecule has 1 heterocycles. The Morgan fingerprint density at radius 2 is 2.09 bits per heavy atom. The van der Waals surface area contributed by atoms with Gasteiger partial charge in [-0.2, -0.15) is 13.2 Å². The van der Waals surface area contributed by atoms with Crippen molar-refractivity contribution in [1.29, 1.82) is 0 Å². The predicted octanol–water partition coefficient (Wildman–Crippen LogP) is 1.17. The summed E-state index contributed by atoms with van der Waals surface area (Å²) >= 11 is 0. The molecule has 5 heteroatoms. The molecule has 0 N–H and O–H groups in total. The first-order valence-electron chi connectivity index (χ1n) is 3.33. The van der Waals surface area contributed by atoms with Crippen LogP contribution in [0.5, 0.6) is 0 Å². The molecule has 0 aliphatic carbocycles. The number of carbonyl (C=O) groups is 1. The minimum atomic E-state index is -4.25. The zero-order valence-corrected chi connectivity index (χ0v) is 5.77. The van der Waals surface area contributed by atoms with E-state index in [4.69, 9.17) is 0 Å². The molecule has 1 fully saturated rings. The normalized spacial score (nSPS) is 25.7. The van der Waals surface area contributed by atoms with Crippen LogP contribution in [-0.4, -0.2) is 30.1 Å². The third-order valence-electron chi connectivity index (χ3n) is 1.81. The van der Waals surface area contributed by atoms with Crippen molar-refractivity contribution in [2.75, 3.05) is 6.54 Å². The Morgan fingerprint density at radius 1 is 1.45 bits per heavy atom. The molecule has 1 rings (SSSR count). The fourth-order valence-corrected chi connectivity index (χ4v) is 1.27. The van der Waals surface area contributed by atoms with Crippen molar-refractivity contribution < 1.29 is 18.0 Å². The second-order valence-corrected chi connectivity index (χ2v) is 2.54. The zero-order valence-electron chi connectivity index (χ0n) is 5.77. The van der Waals surface area contributed by atoms with E-state index in [1.165, 1.54) is 0 Å². The van der Waals surface area contributed by atoms with Crippen LogP contribution in [0.3, 0.4) is 0 Å². The molecule has 1 atom stereocenters. The molecule has 1 aliphatic rings. The van der Waals surface area contributed by atoms with Gasteiger partial charge < -0.3 is 4.90 Å². The summed E-state index contributed by atoms with van der Waals surface area (Å²) in [6.07, 6.45) is -3.49. The van der Waals surface area contributed by atoms with Crippen LogP contribution in [0.25, 0.3) is 0 Å². The summed E-state index contributed by atoms with van der Waals surface area (Å²) in [5.74, 6) is 0. The van der Waals surface area contributed by atoms with Crippen LogP contribution in [0.15, 0.2) is 0 Å². The van der Waals surface area contributed by atoms with Gasteiger partial charge >= 0.3 is 6.18 Å². The Hall–Kier alpha value is -0.740. The van der Waals surface area contributed by atoms with E-state index in [1.54, 1.807) is 0 Å². The monoisotopic (exact) mass is 167 g/mol. The minimum absolute atomic E-state index is 0.0439. The second kappa shape index (κ2) is 2.71. The number of amides is 1. The lowest BCUT2D eigenvalue weighted by Gasteiger charge is -2.22. The number of hydrogen-bond acceptors (Lipinski definition) is 1. The summed E-state index contributed by atoms with van der Waals surface area (Å²) in [6.45, 7) is 0.230. The lowest BCUT2D eigenvalue weighted by Crippen LogP contribution is -2.40. The van der Waals surface area contributed by atoms with Gasteiger partial charge in [0.2, 0.25) is 6.41 Å². The average Bonchev–Trinajstić information content (AvgIpc) is 2.31. The van der Waals surface area contributed by atoms with Gasteiger partial charge in [-0.25, -0.2) is 0 Å². The highest BCUT2D eigenvalue weighted by atomic mass is 19.4. The number of halogens is 3. The Balaban J connectivity index is 2.63. The van der Waals surface area contributed by atoms with Crippen molar-refractivity contribution in [2.45, 2.75) is 25.1 Å². The molecule has 0 saturated carbocycles. The fraction of sp³-hybridized carbons (Fsp3) is 0.833. The SMILES string of the molecule is O=CN1CCC[C@@H]1C(F)(F)F. The molecule has 0 bridgehead atoms. The van der Waals surface area contributed by atoms with E-state index in [-0.39, 0.29) is 19.4 Å². The van der Waals surface area contributed by atoms with E-state index >= 15 is 0 Å². The first kappa shape index (κ1) is 8.36. The molecule has 1 saturated heterocycles. The van der Waals surface area contributed by atoms with Gasteiger partial charge in [-0.1, -0.05) is 0 Å². The number of carbonyl (C=O) groups excluding carboxylic acids is 1. The molecule has 64 valence electrons. The van der Waals surface area contributed by atoms with E-state index in [9.17, 15) is 18.0 Å². The standard InChI is InChI=1S/C6H8F3NO/c7-6(8,9)5-2-1-3-10(5)4-11/h4-5H,1-3H2/t5-/m1/s1. The van der Waals surface area contributed by atoms with Gasteiger partial charge in [0.1, 0.15) is 6.04 Å². The first-order valence-corrected chi connectivity index (χ1v) is 3.33. The molecule has 11 heavy (non-hydrogen) atoms. The summed E-state index contributed by atoms with van der Waals surface area (Å²) in [5, 5.41) is 0. The van der Waals surface area contributed by atoms with Crippen molar-refractivity contribution in [2.24, 2.45) is 0 Å². The highest BCUT2D eigenvalue weighted by Gasteiger charge is 2.45. The van der Waals surface area contributed by atoms with Gasteiger partial charge in [-0.3, -0.25) is 4.79 Å². The van der Waals surface area contributed by atoms with Crippen LogP contribution in [-0.2, 0) is 4.79 Å². The topological polar surface area (TPSA) is 20.3 Å². The first-order chi connectivity index (χ1) is 5.05. The van der Waals surface area contributed by atoms with E-state index in [1.807, 2.05) is 0 Å². The summed E-state index contributed by atoms with van der Waals surface area (Å²) in [7, 11) is 0. The maximum atomic E-state index is 12.0. The summed E-state index contributed by atoms with van der Waals surface area (Å²) in [6, 6.07) is -1.54. The number of hydrogen-bond donors (Lipinski definition) is 0. The molecule has 1 amide bonds. The van der Waals surface area contributed by atoms with Gasteiger partial charge in [0, 0.05) is 6.54 Å². The number of nitrogens with zero attached hydrogens (tertiary/aromatic N) is 1. The van der Waals surface area contributed by atoms with Gasteiger partial charge in [0.15, 0.2) is 0 Å². The smallest absolute Gasteiger partial charge is 0.333 e. The number of likely N-dealkylation sites (tertiary alicyclic amines) is 1. The van der Waals surface area contributed by atoms with Gasteiger partial charge in [0.05, 0.1) is 0 Å². The quantitative estimate of drug-likeness (QED) is 0.537. The largest absolute Gasteiger partial charge is 0.408 e. The van der Waals surface area contributed by atoms with Gasteiger partial charge in [-0.05, 0) is 12.8 Å². The van der Waals surface area contributed by atoms with Crippen LogP contribution < -0.4 is 0 Å². The van der Waals surface area contributed by atoms with E-state index in [0.717, 1.165) is 4.90 Å². The molecule has 1 aliphatic heterocycles. The lowest BCUT2D eigenvalue weighted by molar-refractivity contribution is -0.177. The summed E-state index contributed by atoms with van der Waals surface area (Å²) < 4.78 is 36.0. The zero-order chi connectivity index (χ0) is 8.48. The number of alkyl halides is 3. The van der Waals surface area contributed by atoms with E-state index < -0.39 is 12.2 Å². The molecule has 0 aromatic carbocycles. The summed E-state index contributed by atoms with van der Waals surface area (Å²) in [5.41, 5.74) is 0. The third kappa shape index (κ3) is 1.64. The Labute approximate surface area is 62.0 Å². The molecule has 0 radical (unpaired) electrons. The minimum Gasteiger partial charge on any atom is -0.333 e. The van der Waals surface area contributed by atoms with Crippen molar-refractivity contribution in [3.8, 4) is 0 Å². The van der Waals surface area contributed by atoms with Crippen LogP contribution in [0.2, 0.25) is 0 Å². The Morgan fingerprint density at radius 3 is 2.45 bits per heavy atom. The second-order valence-electron chi connectivity index (χ2n) is 2.54. The van der Waals surface area contributed by atoms with Crippen LogP contribution in [0, 0.1) is 0 Å². The molecule has 0 aromatic heterocycles. The van der Waals surface area contributed by atoms with Gasteiger partial charge in [-0.15, -0.1) is 0 Å². The Kier molecular flexibility index (Phi) is 2.06. The van der Waals surface area contributed by atoms with Crippen LogP contribution in [0.1, 0.15) is 12.8 Å². The van der Waals surface area contributed by atoms with Crippen molar-refractivity contribution in [3.05, 3.63) is 0 Å². The van der Waals surface area contributed by atoms with Gasteiger partial charge in [0.25, 0.3) is 0 Å². The van der Waals surface area contributed by atoms with Crippen molar-refractivity contribution in [1.82, 2.24) is 4.90 Å². The average molecular weight is 167 g/mol. The molecule has 2 nitrogen and oxygen atoms in total. The summed E-state index contributed by atoms with van der Waals surface area (Å²) in [4.78, 5) is 10.9. The number of rotatable bonds is 1. The molecular weight excluding hydrogens is 159 g/mol. The van der Waals surface area contributed by atoms with Crippen LogP contribution in [0.4, 0.5) is 13.2 Å². The van der Waals surface area contributed by atoms with Crippen molar-refractivity contribution in [3.63, 3.8) is 0 Å². The van der Waals surface area contributed by atoms with E-state index in [2.05, 4.69) is 0 Å². The predicted molar refractivity (Wildman–Crippen MR) is 31.8 cm³/mol. The lowest BCUT2D eigenvalue weighted by atomic mass is 10.2. The highest BCUT2D eigenvalue weighted by Crippen LogP contribution is 2.31. The molecule has 0 spiro atoms. The molecule has 0 unspecified atom stereocenters. The molecular formula is C6H8F3NO. The highest BCUT2D eigenvalue weighted by molar-refractivity contribution is 5.48. The van der Waals surface area contributed by atoms with Crippen molar-refractivity contribution >= 4 is 6.41 Å². The Bertz CT molecular complexity index is 156.